The lowest BCUT2D eigenvalue weighted by Gasteiger charge is -2.46. The van der Waals surface area contributed by atoms with Crippen LogP contribution in [0.3, 0.4) is 0 Å². The zero-order chi connectivity index (χ0) is 13.0. The maximum Gasteiger partial charge on any atom is 0.0136 e. The van der Waals surface area contributed by atoms with Gasteiger partial charge in [0.25, 0.3) is 0 Å². The minimum absolute atomic E-state index is 0.418. The summed E-state index contributed by atoms with van der Waals surface area (Å²) in [6.07, 6.45) is 9.58. The van der Waals surface area contributed by atoms with Crippen molar-refractivity contribution in [1.82, 2.24) is 10.2 Å². The topological polar surface area (TPSA) is 41.3 Å². The number of rotatable bonds is 4. The number of nitrogens with zero attached hydrogens (tertiary/aromatic N) is 1. The average molecular weight is 253 g/mol. The zero-order valence-electron chi connectivity index (χ0n) is 12.3. The summed E-state index contributed by atoms with van der Waals surface area (Å²) in [5.74, 6) is 0.828. The molecule has 2 unspecified atom stereocenters. The summed E-state index contributed by atoms with van der Waals surface area (Å²) in [6.45, 7) is 3.28. The predicted molar refractivity (Wildman–Crippen MR) is 77.6 cm³/mol. The molecule has 3 N–H and O–H groups in total. The van der Waals surface area contributed by atoms with Crippen molar-refractivity contribution in [2.24, 2.45) is 17.1 Å². The lowest BCUT2D eigenvalue weighted by Crippen LogP contribution is -2.54. The van der Waals surface area contributed by atoms with Gasteiger partial charge in [0.1, 0.15) is 0 Å². The van der Waals surface area contributed by atoms with Crippen molar-refractivity contribution in [1.29, 1.82) is 0 Å². The van der Waals surface area contributed by atoms with Gasteiger partial charge in [0, 0.05) is 12.6 Å². The zero-order valence-corrected chi connectivity index (χ0v) is 12.3. The molecule has 2 rings (SSSR count). The molecule has 3 nitrogen and oxygen atoms in total. The summed E-state index contributed by atoms with van der Waals surface area (Å²) in [7, 11) is 4.35. The number of nitrogens with one attached hydrogen (secondary N) is 1. The average Bonchev–Trinajstić information content (AvgIpc) is 2.39. The molecule has 2 fully saturated rings. The van der Waals surface area contributed by atoms with Crippen LogP contribution in [0.25, 0.3) is 0 Å². The third-order valence-corrected chi connectivity index (χ3v) is 5.13. The molecule has 106 valence electrons. The molecule has 3 heteroatoms. The third-order valence-electron chi connectivity index (χ3n) is 5.13. The highest BCUT2D eigenvalue weighted by Crippen LogP contribution is 2.41. The van der Waals surface area contributed by atoms with Crippen LogP contribution in [0.5, 0.6) is 0 Å². The highest BCUT2D eigenvalue weighted by Gasteiger charge is 2.40. The smallest absolute Gasteiger partial charge is 0.0136 e. The van der Waals surface area contributed by atoms with Gasteiger partial charge in [-0.2, -0.15) is 0 Å². The molecule has 0 spiro atoms. The fourth-order valence-corrected chi connectivity index (χ4v) is 4.06. The van der Waals surface area contributed by atoms with Crippen molar-refractivity contribution in [3.63, 3.8) is 0 Å². The van der Waals surface area contributed by atoms with Crippen LogP contribution in [0.1, 0.15) is 44.9 Å². The van der Waals surface area contributed by atoms with E-state index in [1.54, 1.807) is 0 Å². The van der Waals surface area contributed by atoms with Gasteiger partial charge in [-0.1, -0.05) is 19.3 Å². The second-order valence-electron chi connectivity index (χ2n) is 6.79. The summed E-state index contributed by atoms with van der Waals surface area (Å²) < 4.78 is 0. The summed E-state index contributed by atoms with van der Waals surface area (Å²) in [5, 5.41) is 3.83. The van der Waals surface area contributed by atoms with Crippen molar-refractivity contribution >= 4 is 0 Å². The Labute approximate surface area is 112 Å². The number of hydrogen-bond acceptors (Lipinski definition) is 3. The van der Waals surface area contributed by atoms with E-state index in [1.165, 1.54) is 58.0 Å². The molecule has 0 aromatic carbocycles. The third kappa shape index (κ3) is 3.25. The van der Waals surface area contributed by atoms with Gasteiger partial charge in [0.2, 0.25) is 0 Å². The predicted octanol–water partition coefficient (Wildman–Crippen LogP) is 1.83. The first-order chi connectivity index (χ1) is 8.66. The Balaban J connectivity index is 1.87. The van der Waals surface area contributed by atoms with E-state index >= 15 is 0 Å². The molecule has 1 aliphatic carbocycles. The highest BCUT2D eigenvalue weighted by atomic mass is 15.1. The summed E-state index contributed by atoms with van der Waals surface area (Å²) in [4.78, 5) is 2.31. The highest BCUT2D eigenvalue weighted by molar-refractivity contribution is 4.96. The van der Waals surface area contributed by atoms with Crippen molar-refractivity contribution in [3.8, 4) is 0 Å². The fraction of sp³-hybridized carbons (Fsp3) is 1.00. The minimum Gasteiger partial charge on any atom is -0.330 e. The normalized spacial score (nSPS) is 32.7. The molecule has 18 heavy (non-hydrogen) atoms. The van der Waals surface area contributed by atoms with Crippen LogP contribution in [0, 0.1) is 11.3 Å². The van der Waals surface area contributed by atoms with Gasteiger partial charge in [-0.15, -0.1) is 0 Å². The number of hydrogen-bond donors (Lipinski definition) is 2. The summed E-state index contributed by atoms with van der Waals surface area (Å²) in [6, 6.07) is 0.682. The largest absolute Gasteiger partial charge is 0.330 e. The molecule has 0 aromatic rings. The molecule has 2 aliphatic rings. The van der Waals surface area contributed by atoms with Gasteiger partial charge in [0.05, 0.1) is 0 Å². The maximum absolute atomic E-state index is 6.14. The van der Waals surface area contributed by atoms with Gasteiger partial charge in [-0.3, -0.25) is 0 Å². The number of piperidine rings is 1. The van der Waals surface area contributed by atoms with Crippen molar-refractivity contribution in [2.75, 3.05) is 33.7 Å². The fourth-order valence-electron chi connectivity index (χ4n) is 4.06. The van der Waals surface area contributed by atoms with Gasteiger partial charge < -0.3 is 16.0 Å². The van der Waals surface area contributed by atoms with Crippen LogP contribution in [-0.4, -0.2) is 44.7 Å². The lowest BCUT2D eigenvalue weighted by atomic mass is 9.66. The maximum atomic E-state index is 6.14. The SMILES string of the molecule is CN(C)CC1CCC(C2(CN)CCCCC2)NC1. The van der Waals surface area contributed by atoms with E-state index in [4.69, 9.17) is 5.73 Å². The van der Waals surface area contributed by atoms with E-state index in [0.29, 0.717) is 11.5 Å². The first-order valence-electron chi connectivity index (χ1n) is 7.74. The second-order valence-corrected chi connectivity index (χ2v) is 6.79. The van der Waals surface area contributed by atoms with Crippen LogP contribution in [0.15, 0.2) is 0 Å². The van der Waals surface area contributed by atoms with E-state index in [0.717, 1.165) is 12.5 Å². The Hall–Kier alpha value is -0.120. The van der Waals surface area contributed by atoms with Gasteiger partial charge >= 0.3 is 0 Å². The Kier molecular flexibility index (Phi) is 5.05. The van der Waals surface area contributed by atoms with Crippen LogP contribution >= 0.6 is 0 Å². The van der Waals surface area contributed by atoms with Crippen LogP contribution in [0.2, 0.25) is 0 Å². The van der Waals surface area contributed by atoms with E-state index in [9.17, 15) is 0 Å². The molecule has 0 bridgehead atoms. The first-order valence-corrected chi connectivity index (χ1v) is 7.74. The van der Waals surface area contributed by atoms with Crippen molar-refractivity contribution in [3.05, 3.63) is 0 Å². The Morgan fingerprint density at radius 1 is 1.17 bits per heavy atom. The molecule has 0 aromatic heterocycles. The van der Waals surface area contributed by atoms with E-state index in [-0.39, 0.29) is 0 Å². The standard InChI is InChI=1S/C15H31N3/c1-18(2)11-13-6-7-14(17-10-13)15(12-16)8-4-3-5-9-15/h13-14,17H,3-12,16H2,1-2H3. The lowest BCUT2D eigenvalue weighted by molar-refractivity contribution is 0.0940. The second kappa shape index (κ2) is 6.36. The van der Waals surface area contributed by atoms with Crippen molar-refractivity contribution in [2.45, 2.75) is 51.0 Å². The monoisotopic (exact) mass is 253 g/mol. The molecule has 1 saturated carbocycles. The Morgan fingerprint density at radius 3 is 2.39 bits per heavy atom. The number of nitrogens with two attached hydrogens (primary N) is 1. The summed E-state index contributed by atoms with van der Waals surface area (Å²) in [5.41, 5.74) is 6.55. The molecule has 0 radical (unpaired) electrons. The molecule has 0 amide bonds. The molecule has 1 heterocycles. The molecular formula is C15H31N3. The van der Waals surface area contributed by atoms with Gasteiger partial charge in [-0.25, -0.2) is 0 Å². The molecular weight excluding hydrogens is 222 g/mol. The quantitative estimate of drug-likeness (QED) is 0.803. The van der Waals surface area contributed by atoms with E-state index < -0.39 is 0 Å². The van der Waals surface area contributed by atoms with Crippen LogP contribution in [-0.2, 0) is 0 Å². The van der Waals surface area contributed by atoms with Gasteiger partial charge in [0.15, 0.2) is 0 Å². The van der Waals surface area contributed by atoms with E-state index in [2.05, 4.69) is 24.3 Å². The summed E-state index contributed by atoms with van der Waals surface area (Å²) >= 11 is 0. The van der Waals surface area contributed by atoms with E-state index in [1.807, 2.05) is 0 Å². The first kappa shape index (κ1) is 14.3. The van der Waals surface area contributed by atoms with Gasteiger partial charge in [-0.05, 0) is 64.2 Å². The van der Waals surface area contributed by atoms with Crippen LogP contribution in [0.4, 0.5) is 0 Å². The van der Waals surface area contributed by atoms with Crippen molar-refractivity contribution < 1.29 is 0 Å². The molecule has 1 aliphatic heterocycles. The Morgan fingerprint density at radius 2 is 1.89 bits per heavy atom. The minimum atomic E-state index is 0.418. The Bertz CT molecular complexity index is 238. The van der Waals surface area contributed by atoms with Crippen LogP contribution < -0.4 is 11.1 Å². The molecule has 1 saturated heterocycles. The molecule has 2 atom stereocenters.